The largest absolute Gasteiger partial charge is 0.461 e. The van der Waals surface area contributed by atoms with Crippen LogP contribution in [0.4, 0.5) is 32.0 Å². The summed E-state index contributed by atoms with van der Waals surface area (Å²) in [6, 6.07) is 11.4. The van der Waals surface area contributed by atoms with Gasteiger partial charge in [-0.15, -0.1) is 0 Å². The van der Waals surface area contributed by atoms with Crippen LogP contribution in [0.1, 0.15) is 18.1 Å². The summed E-state index contributed by atoms with van der Waals surface area (Å²) in [5.74, 6) is -0.737. The lowest BCUT2D eigenvalue weighted by Crippen LogP contribution is -2.53. The van der Waals surface area contributed by atoms with Gasteiger partial charge in [-0.25, -0.2) is 4.79 Å². The fourth-order valence-corrected chi connectivity index (χ4v) is 2.57. The Kier molecular flexibility index (Phi) is 7.32. The number of hydrogen-bond donors (Lipinski definition) is 2. The zero-order valence-corrected chi connectivity index (χ0v) is 16.1. The van der Waals surface area contributed by atoms with E-state index in [-0.39, 0.29) is 24.4 Å². The number of alkyl halides is 6. The van der Waals surface area contributed by atoms with Gasteiger partial charge in [0.1, 0.15) is 5.71 Å². The highest BCUT2D eigenvalue weighted by Gasteiger charge is 2.71. The minimum Gasteiger partial charge on any atom is -0.461 e. The molecule has 2 N–H and O–H groups in total. The first-order chi connectivity index (χ1) is 14.4. The zero-order valence-electron chi connectivity index (χ0n) is 16.1. The number of carbonyl (C=O) groups excluding carboxylic acids is 1. The van der Waals surface area contributed by atoms with Crippen LogP contribution < -0.4 is 5.43 Å². The molecule has 0 fully saturated rings. The van der Waals surface area contributed by atoms with Gasteiger partial charge >= 0.3 is 18.3 Å². The van der Waals surface area contributed by atoms with Gasteiger partial charge in [0.05, 0.1) is 12.3 Å². The van der Waals surface area contributed by atoms with Crippen LogP contribution in [-0.2, 0) is 21.6 Å². The van der Waals surface area contributed by atoms with Crippen molar-refractivity contribution in [1.82, 2.24) is 0 Å². The maximum Gasteiger partial charge on any atom is 0.430 e. The van der Waals surface area contributed by atoms with E-state index >= 15 is 0 Å². The molecule has 2 aromatic rings. The number of ether oxygens (including phenoxy) is 1. The summed E-state index contributed by atoms with van der Waals surface area (Å²) >= 11 is 0. The highest BCUT2D eigenvalue weighted by molar-refractivity contribution is 6.37. The minimum atomic E-state index is -5.98. The standard InChI is InChI=1S/C20H18F6N2O3/c1-2-31-17(29)16(12-13-6-4-3-5-7-13)28-27-15-10-8-14(9-11-15)18(30,19(21,22)23)20(24,25)26/h3-11,27,30H,2,12H2,1H3/b28-16-. The van der Waals surface area contributed by atoms with E-state index < -0.39 is 29.5 Å². The van der Waals surface area contributed by atoms with Gasteiger partial charge in [0.15, 0.2) is 0 Å². The second-order valence-electron chi connectivity index (χ2n) is 6.34. The number of benzene rings is 2. The van der Waals surface area contributed by atoms with Crippen molar-refractivity contribution in [3.63, 3.8) is 0 Å². The first-order valence-corrected chi connectivity index (χ1v) is 8.90. The molecule has 0 atom stereocenters. The number of esters is 1. The maximum atomic E-state index is 12.9. The van der Waals surface area contributed by atoms with Crippen molar-refractivity contribution in [1.29, 1.82) is 0 Å². The highest BCUT2D eigenvalue weighted by atomic mass is 19.4. The lowest BCUT2D eigenvalue weighted by Gasteiger charge is -2.32. The van der Waals surface area contributed by atoms with Crippen LogP contribution in [0, 0.1) is 0 Å². The van der Waals surface area contributed by atoms with E-state index in [1.54, 1.807) is 37.3 Å². The van der Waals surface area contributed by atoms with Gasteiger partial charge in [0.2, 0.25) is 0 Å². The van der Waals surface area contributed by atoms with E-state index in [1.165, 1.54) is 0 Å². The molecule has 0 amide bonds. The number of nitrogens with one attached hydrogen (secondary N) is 1. The predicted molar refractivity (Wildman–Crippen MR) is 100 cm³/mol. The van der Waals surface area contributed by atoms with Crippen molar-refractivity contribution in [2.24, 2.45) is 5.10 Å². The van der Waals surface area contributed by atoms with Crippen LogP contribution in [0.2, 0.25) is 0 Å². The molecule has 0 aliphatic heterocycles. The summed E-state index contributed by atoms with van der Waals surface area (Å²) in [6.07, 6.45) is -11.9. The van der Waals surface area contributed by atoms with Crippen molar-refractivity contribution in [3.05, 3.63) is 65.7 Å². The molecule has 0 aliphatic rings. The SMILES string of the molecule is CCOC(=O)/C(Cc1ccccc1)=N\Nc1ccc(C(O)(C(F)(F)F)C(F)(F)F)cc1. The molecule has 0 heterocycles. The fourth-order valence-electron chi connectivity index (χ4n) is 2.57. The van der Waals surface area contributed by atoms with Gasteiger partial charge in [-0.1, -0.05) is 42.5 Å². The van der Waals surface area contributed by atoms with Gasteiger partial charge in [-0.3, -0.25) is 5.43 Å². The number of rotatable bonds is 7. The van der Waals surface area contributed by atoms with Gasteiger partial charge in [0, 0.05) is 12.0 Å². The molecule has 0 spiro atoms. The van der Waals surface area contributed by atoms with Crippen LogP contribution in [0.25, 0.3) is 0 Å². The van der Waals surface area contributed by atoms with Crippen LogP contribution in [0.15, 0.2) is 59.7 Å². The summed E-state index contributed by atoms with van der Waals surface area (Å²) in [7, 11) is 0. The molecule has 0 radical (unpaired) electrons. The normalized spacial score (nSPS) is 13.1. The first-order valence-electron chi connectivity index (χ1n) is 8.90. The Bertz CT molecular complexity index is 895. The quantitative estimate of drug-likeness (QED) is 0.282. The molecule has 0 aromatic heterocycles. The number of halogens is 6. The number of nitrogens with zero attached hydrogens (tertiary/aromatic N) is 1. The molecule has 2 rings (SSSR count). The summed E-state index contributed by atoms with van der Waals surface area (Å²) in [5, 5.41) is 13.3. The molecule has 0 unspecified atom stereocenters. The molecule has 2 aromatic carbocycles. The molecular weight excluding hydrogens is 430 g/mol. The summed E-state index contributed by atoms with van der Waals surface area (Å²) in [5.41, 5.74) is -3.36. The first kappa shape index (κ1) is 24.2. The van der Waals surface area contributed by atoms with E-state index in [1.807, 2.05) is 0 Å². The third-order valence-electron chi connectivity index (χ3n) is 4.17. The molecule has 5 nitrogen and oxygen atoms in total. The van der Waals surface area contributed by atoms with Crippen molar-refractivity contribution < 1.29 is 41.0 Å². The number of hydrazone groups is 1. The Morgan fingerprint density at radius 3 is 2.00 bits per heavy atom. The van der Waals surface area contributed by atoms with Gasteiger partial charge in [0.25, 0.3) is 5.60 Å². The molecule has 0 aliphatic carbocycles. The molecule has 0 bridgehead atoms. The number of aliphatic hydroxyl groups is 1. The van der Waals surface area contributed by atoms with E-state index in [4.69, 9.17) is 4.74 Å². The molecule has 168 valence electrons. The second-order valence-corrected chi connectivity index (χ2v) is 6.34. The minimum absolute atomic E-state index is 0.00897. The van der Waals surface area contributed by atoms with Crippen molar-refractivity contribution in [3.8, 4) is 0 Å². The average molecular weight is 448 g/mol. The average Bonchev–Trinajstić information content (AvgIpc) is 2.70. The van der Waals surface area contributed by atoms with Crippen LogP contribution in [0.5, 0.6) is 0 Å². The topological polar surface area (TPSA) is 70.9 Å². The van der Waals surface area contributed by atoms with Gasteiger partial charge in [-0.2, -0.15) is 31.4 Å². The van der Waals surface area contributed by atoms with Crippen molar-refractivity contribution >= 4 is 17.4 Å². The summed E-state index contributed by atoms with van der Waals surface area (Å²) in [4.78, 5) is 12.1. The van der Waals surface area contributed by atoms with Crippen LogP contribution in [-0.4, -0.2) is 35.7 Å². The van der Waals surface area contributed by atoms with E-state index in [9.17, 15) is 36.2 Å². The third kappa shape index (κ3) is 5.54. The number of carbonyl (C=O) groups is 1. The zero-order chi connectivity index (χ0) is 23.3. The number of anilines is 1. The molecule has 11 heteroatoms. The molecule has 31 heavy (non-hydrogen) atoms. The highest BCUT2D eigenvalue weighted by Crippen LogP contribution is 2.50. The van der Waals surface area contributed by atoms with E-state index in [0.29, 0.717) is 12.1 Å². The van der Waals surface area contributed by atoms with Gasteiger partial charge < -0.3 is 9.84 Å². The molecule has 0 saturated carbocycles. The molecular formula is C20H18F6N2O3. The lowest BCUT2D eigenvalue weighted by molar-refractivity contribution is -0.376. The van der Waals surface area contributed by atoms with Crippen molar-refractivity contribution in [2.45, 2.75) is 31.3 Å². The van der Waals surface area contributed by atoms with Crippen molar-refractivity contribution in [2.75, 3.05) is 12.0 Å². The van der Waals surface area contributed by atoms with Crippen LogP contribution >= 0.6 is 0 Å². The predicted octanol–water partition coefficient (Wildman–Crippen LogP) is 4.57. The third-order valence-corrected chi connectivity index (χ3v) is 4.17. The second kappa shape index (κ2) is 9.38. The smallest absolute Gasteiger partial charge is 0.430 e. The maximum absolute atomic E-state index is 12.9. The fraction of sp³-hybridized carbons (Fsp3) is 0.300. The Morgan fingerprint density at radius 1 is 0.968 bits per heavy atom. The number of hydrogen-bond acceptors (Lipinski definition) is 5. The van der Waals surface area contributed by atoms with E-state index in [2.05, 4.69) is 10.5 Å². The Balaban J connectivity index is 2.28. The summed E-state index contributed by atoms with van der Waals surface area (Å²) < 4.78 is 82.6. The Hall–Kier alpha value is -3.08. The lowest BCUT2D eigenvalue weighted by atomic mass is 9.92. The van der Waals surface area contributed by atoms with Crippen LogP contribution in [0.3, 0.4) is 0 Å². The summed E-state index contributed by atoms with van der Waals surface area (Å²) in [6.45, 7) is 1.67. The van der Waals surface area contributed by atoms with E-state index in [0.717, 1.165) is 17.7 Å². The monoisotopic (exact) mass is 448 g/mol. The molecule has 0 saturated heterocycles. The Labute approximate surface area is 173 Å². The Morgan fingerprint density at radius 2 is 1.52 bits per heavy atom. The van der Waals surface area contributed by atoms with Gasteiger partial charge in [-0.05, 0) is 24.6 Å².